The van der Waals surface area contributed by atoms with E-state index >= 15 is 0 Å². The highest BCUT2D eigenvalue weighted by atomic mass is 16.6. The minimum Gasteiger partial charge on any atom is -0.459 e. The molecule has 8 heteroatoms. The monoisotopic (exact) mass is 287 g/mol. The molecule has 0 saturated heterocycles. The van der Waals surface area contributed by atoms with Gasteiger partial charge in [-0.3, -0.25) is 10.1 Å². The molecule has 2 heterocycles. The molecular formula is C13H9N3O5. The summed E-state index contributed by atoms with van der Waals surface area (Å²) in [5, 5.41) is 14.6. The van der Waals surface area contributed by atoms with Crippen molar-refractivity contribution >= 4 is 5.69 Å². The van der Waals surface area contributed by atoms with Gasteiger partial charge in [0.05, 0.1) is 17.7 Å². The summed E-state index contributed by atoms with van der Waals surface area (Å²) < 4.78 is 11.2. The van der Waals surface area contributed by atoms with E-state index in [-0.39, 0.29) is 18.1 Å². The minimum atomic E-state index is -0.625. The maximum absolute atomic E-state index is 11.7. The van der Waals surface area contributed by atoms with E-state index in [1.165, 1.54) is 18.4 Å². The standard InChI is InChI=1S/C13H9N3O5/c17-13-15(14-12(21-13)11-2-1-7-20-11)8-9-3-5-10(6-4-9)16(18)19/h1-7H,8H2. The zero-order valence-corrected chi connectivity index (χ0v) is 10.6. The molecule has 3 aromatic rings. The molecule has 0 saturated carbocycles. The van der Waals surface area contributed by atoms with Crippen molar-refractivity contribution in [2.24, 2.45) is 0 Å². The van der Waals surface area contributed by atoms with Crippen molar-refractivity contribution < 1.29 is 13.8 Å². The fourth-order valence-corrected chi connectivity index (χ4v) is 1.80. The Balaban J connectivity index is 1.85. The van der Waals surface area contributed by atoms with E-state index in [9.17, 15) is 14.9 Å². The third kappa shape index (κ3) is 2.59. The van der Waals surface area contributed by atoms with E-state index in [0.717, 1.165) is 4.68 Å². The molecule has 106 valence electrons. The molecule has 8 nitrogen and oxygen atoms in total. The van der Waals surface area contributed by atoms with Gasteiger partial charge >= 0.3 is 5.76 Å². The summed E-state index contributed by atoms with van der Waals surface area (Å²) in [6.45, 7) is 0.154. The molecule has 0 bridgehead atoms. The van der Waals surface area contributed by atoms with Gasteiger partial charge in [-0.05, 0) is 17.7 Å². The van der Waals surface area contributed by atoms with Gasteiger partial charge in [-0.2, -0.15) is 4.68 Å². The number of furan rings is 1. The van der Waals surface area contributed by atoms with Gasteiger partial charge in [-0.15, -0.1) is 5.10 Å². The minimum absolute atomic E-state index is 0.0116. The van der Waals surface area contributed by atoms with Gasteiger partial charge in [0.15, 0.2) is 5.76 Å². The number of nitro benzene ring substituents is 1. The molecule has 0 radical (unpaired) electrons. The van der Waals surface area contributed by atoms with Gasteiger partial charge in [0.2, 0.25) is 0 Å². The number of rotatable bonds is 4. The zero-order chi connectivity index (χ0) is 14.8. The zero-order valence-electron chi connectivity index (χ0n) is 10.6. The van der Waals surface area contributed by atoms with Crippen LogP contribution in [0.5, 0.6) is 0 Å². The molecule has 0 aliphatic heterocycles. The van der Waals surface area contributed by atoms with Crippen LogP contribution in [0.4, 0.5) is 5.69 Å². The average Bonchev–Trinajstić information content (AvgIpc) is 3.10. The fourth-order valence-electron chi connectivity index (χ4n) is 1.80. The van der Waals surface area contributed by atoms with Crippen molar-refractivity contribution in [1.82, 2.24) is 9.78 Å². The van der Waals surface area contributed by atoms with Gasteiger partial charge in [-0.25, -0.2) is 4.79 Å². The summed E-state index contributed by atoms with van der Waals surface area (Å²) in [7, 11) is 0. The number of hydrogen-bond donors (Lipinski definition) is 0. The second kappa shape index (κ2) is 5.08. The Bertz CT molecular complexity index is 814. The molecule has 0 unspecified atom stereocenters. The van der Waals surface area contributed by atoms with E-state index in [1.54, 1.807) is 24.3 Å². The molecule has 0 aliphatic rings. The molecule has 21 heavy (non-hydrogen) atoms. The van der Waals surface area contributed by atoms with Crippen molar-refractivity contribution in [3.05, 3.63) is 68.9 Å². The lowest BCUT2D eigenvalue weighted by atomic mass is 10.2. The Hall–Kier alpha value is -3.16. The first kappa shape index (κ1) is 12.9. The van der Waals surface area contributed by atoms with Crippen molar-refractivity contribution in [2.75, 3.05) is 0 Å². The molecule has 0 fully saturated rings. The summed E-state index contributed by atoms with van der Waals surface area (Å²) >= 11 is 0. The van der Waals surface area contributed by atoms with E-state index in [1.807, 2.05) is 0 Å². The van der Waals surface area contributed by atoms with Crippen LogP contribution in [0.1, 0.15) is 5.56 Å². The Morgan fingerprint density at radius 1 is 1.24 bits per heavy atom. The fraction of sp³-hybridized carbons (Fsp3) is 0.0769. The molecule has 0 aliphatic carbocycles. The molecule has 0 atom stereocenters. The molecule has 1 aromatic carbocycles. The van der Waals surface area contributed by atoms with Crippen LogP contribution in [0.25, 0.3) is 11.7 Å². The Labute approximate surface area is 117 Å². The highest BCUT2D eigenvalue weighted by molar-refractivity contribution is 5.42. The van der Waals surface area contributed by atoms with E-state index in [2.05, 4.69) is 5.10 Å². The van der Waals surface area contributed by atoms with Crippen LogP contribution in [0, 0.1) is 10.1 Å². The van der Waals surface area contributed by atoms with Crippen molar-refractivity contribution in [2.45, 2.75) is 6.54 Å². The second-order valence-corrected chi connectivity index (χ2v) is 4.23. The average molecular weight is 287 g/mol. The highest BCUT2D eigenvalue weighted by Gasteiger charge is 2.13. The van der Waals surface area contributed by atoms with Crippen LogP contribution in [-0.2, 0) is 6.54 Å². The first-order chi connectivity index (χ1) is 10.1. The quantitative estimate of drug-likeness (QED) is 0.537. The molecule has 0 N–H and O–H groups in total. The Kier molecular flexibility index (Phi) is 3.11. The van der Waals surface area contributed by atoms with Crippen LogP contribution >= 0.6 is 0 Å². The van der Waals surface area contributed by atoms with Crippen LogP contribution < -0.4 is 5.76 Å². The second-order valence-electron chi connectivity index (χ2n) is 4.23. The summed E-state index contributed by atoms with van der Waals surface area (Å²) in [6, 6.07) is 9.14. The third-order valence-electron chi connectivity index (χ3n) is 2.82. The van der Waals surface area contributed by atoms with Gasteiger partial charge in [0, 0.05) is 12.1 Å². The van der Waals surface area contributed by atoms with Crippen LogP contribution in [0.3, 0.4) is 0 Å². The molecule has 2 aromatic heterocycles. The van der Waals surface area contributed by atoms with Gasteiger partial charge < -0.3 is 8.83 Å². The topological polar surface area (TPSA) is 104 Å². The lowest BCUT2D eigenvalue weighted by Crippen LogP contribution is -2.16. The number of non-ortho nitro benzene ring substituents is 1. The van der Waals surface area contributed by atoms with Crippen LogP contribution in [0.15, 0.2) is 56.3 Å². The number of nitro groups is 1. The number of benzene rings is 1. The lowest BCUT2D eigenvalue weighted by Gasteiger charge is -1.98. The predicted octanol–water partition coefficient (Wildman–Crippen LogP) is 2.05. The Morgan fingerprint density at radius 2 is 2.00 bits per heavy atom. The maximum Gasteiger partial charge on any atom is 0.437 e. The lowest BCUT2D eigenvalue weighted by molar-refractivity contribution is -0.384. The molecule has 0 amide bonds. The number of nitrogens with zero attached hydrogens (tertiary/aromatic N) is 3. The van der Waals surface area contributed by atoms with Gasteiger partial charge in [0.25, 0.3) is 11.6 Å². The normalized spacial score (nSPS) is 10.7. The molecule has 0 spiro atoms. The van der Waals surface area contributed by atoms with Crippen molar-refractivity contribution in [3.63, 3.8) is 0 Å². The maximum atomic E-state index is 11.7. The summed E-state index contributed by atoms with van der Waals surface area (Å²) in [5.41, 5.74) is 0.685. The van der Waals surface area contributed by atoms with E-state index < -0.39 is 10.7 Å². The van der Waals surface area contributed by atoms with Crippen LogP contribution in [0.2, 0.25) is 0 Å². The van der Waals surface area contributed by atoms with Crippen molar-refractivity contribution in [3.8, 4) is 11.7 Å². The molecule has 3 rings (SSSR count). The largest absolute Gasteiger partial charge is 0.459 e. The molecular weight excluding hydrogens is 278 g/mol. The van der Waals surface area contributed by atoms with Crippen LogP contribution in [-0.4, -0.2) is 14.7 Å². The SMILES string of the molecule is O=c1oc(-c2ccco2)nn1Cc1ccc([N+](=O)[O-])cc1. The van der Waals surface area contributed by atoms with E-state index in [0.29, 0.717) is 11.3 Å². The van der Waals surface area contributed by atoms with E-state index in [4.69, 9.17) is 8.83 Å². The van der Waals surface area contributed by atoms with Gasteiger partial charge in [-0.1, -0.05) is 12.1 Å². The smallest absolute Gasteiger partial charge is 0.437 e. The highest BCUT2D eigenvalue weighted by Crippen LogP contribution is 2.16. The van der Waals surface area contributed by atoms with Crippen molar-refractivity contribution in [1.29, 1.82) is 0 Å². The number of hydrogen-bond acceptors (Lipinski definition) is 6. The van der Waals surface area contributed by atoms with Gasteiger partial charge in [0.1, 0.15) is 0 Å². The third-order valence-corrected chi connectivity index (χ3v) is 2.82. The summed E-state index contributed by atoms with van der Waals surface area (Å²) in [5.74, 6) is -0.179. The summed E-state index contributed by atoms with van der Waals surface area (Å²) in [6.07, 6.45) is 1.45. The summed E-state index contributed by atoms with van der Waals surface area (Å²) in [4.78, 5) is 21.8. The first-order valence-corrected chi connectivity index (χ1v) is 5.98. The first-order valence-electron chi connectivity index (χ1n) is 5.98. The number of aromatic nitrogens is 2. The Morgan fingerprint density at radius 3 is 2.62 bits per heavy atom. The predicted molar refractivity (Wildman–Crippen MR) is 70.7 cm³/mol.